The van der Waals surface area contributed by atoms with Crippen LogP contribution in [0.3, 0.4) is 0 Å². The average molecular weight is 264 g/mol. The van der Waals surface area contributed by atoms with Gasteiger partial charge in [-0.2, -0.15) is 0 Å². The highest BCUT2D eigenvalue weighted by molar-refractivity contribution is 5.90. The van der Waals surface area contributed by atoms with Crippen LogP contribution in [-0.2, 0) is 9.59 Å². The van der Waals surface area contributed by atoms with E-state index in [0.29, 0.717) is 6.54 Å². The monoisotopic (exact) mass is 263 g/mol. The molecule has 1 fully saturated rings. The van der Waals surface area contributed by atoms with Crippen molar-refractivity contribution in [3.8, 4) is 0 Å². The van der Waals surface area contributed by atoms with Gasteiger partial charge in [0.15, 0.2) is 0 Å². The molecule has 0 bridgehead atoms. The van der Waals surface area contributed by atoms with Crippen molar-refractivity contribution in [2.75, 3.05) is 19.6 Å². The Morgan fingerprint density at radius 2 is 2.00 bits per heavy atom. The third-order valence-corrected chi connectivity index (χ3v) is 2.90. The van der Waals surface area contributed by atoms with Crippen molar-refractivity contribution >= 4 is 24.2 Å². The Kier molecular flexibility index (Phi) is 7.15. The minimum absolute atomic E-state index is 0. The van der Waals surface area contributed by atoms with E-state index in [9.17, 15) is 9.59 Å². The number of rotatable bonds is 4. The lowest BCUT2D eigenvalue weighted by molar-refractivity contribution is -0.130. The van der Waals surface area contributed by atoms with E-state index in [1.165, 1.54) is 0 Å². The minimum Gasteiger partial charge on any atom is -0.355 e. The lowest BCUT2D eigenvalue weighted by Gasteiger charge is -2.33. The molecule has 0 aliphatic carbocycles. The Morgan fingerprint density at radius 1 is 1.29 bits per heavy atom. The molecule has 0 saturated carbocycles. The van der Waals surface area contributed by atoms with E-state index >= 15 is 0 Å². The van der Waals surface area contributed by atoms with Gasteiger partial charge in [0.25, 0.3) is 0 Å². The highest BCUT2D eigenvalue weighted by Crippen LogP contribution is 2.18. The van der Waals surface area contributed by atoms with E-state index in [4.69, 9.17) is 0 Å². The lowest BCUT2D eigenvalue weighted by atomic mass is 9.90. The van der Waals surface area contributed by atoms with Gasteiger partial charge in [0.1, 0.15) is 0 Å². The Morgan fingerprint density at radius 3 is 2.53 bits per heavy atom. The SMILES string of the molecule is CCNC(=O)CNC(=O)C1(C)CCCCN1.Cl. The largest absolute Gasteiger partial charge is 0.355 e. The number of piperidine rings is 1. The zero-order valence-corrected chi connectivity index (χ0v) is 11.3. The number of halogens is 1. The quantitative estimate of drug-likeness (QED) is 0.678. The number of carbonyl (C=O) groups excluding carboxylic acids is 2. The van der Waals surface area contributed by atoms with Gasteiger partial charge < -0.3 is 16.0 Å². The van der Waals surface area contributed by atoms with Gasteiger partial charge >= 0.3 is 0 Å². The van der Waals surface area contributed by atoms with E-state index in [-0.39, 0.29) is 30.8 Å². The van der Waals surface area contributed by atoms with Gasteiger partial charge in [0, 0.05) is 6.54 Å². The first-order chi connectivity index (χ1) is 7.58. The molecule has 0 aromatic carbocycles. The number of hydrogen-bond acceptors (Lipinski definition) is 3. The van der Waals surface area contributed by atoms with Crippen molar-refractivity contribution in [3.63, 3.8) is 0 Å². The fourth-order valence-corrected chi connectivity index (χ4v) is 1.87. The van der Waals surface area contributed by atoms with Crippen molar-refractivity contribution in [2.45, 2.75) is 38.6 Å². The Hall–Kier alpha value is -0.810. The molecule has 1 heterocycles. The summed E-state index contributed by atoms with van der Waals surface area (Å²) in [6.45, 7) is 5.25. The molecule has 17 heavy (non-hydrogen) atoms. The van der Waals surface area contributed by atoms with Crippen LogP contribution in [-0.4, -0.2) is 37.0 Å². The van der Waals surface area contributed by atoms with Crippen LogP contribution in [0.5, 0.6) is 0 Å². The average Bonchev–Trinajstić information content (AvgIpc) is 2.27. The third kappa shape index (κ3) is 4.91. The van der Waals surface area contributed by atoms with Crippen molar-refractivity contribution in [1.82, 2.24) is 16.0 Å². The van der Waals surface area contributed by atoms with Gasteiger partial charge in [0.2, 0.25) is 11.8 Å². The maximum absolute atomic E-state index is 11.9. The van der Waals surface area contributed by atoms with E-state index in [1.54, 1.807) is 0 Å². The van der Waals surface area contributed by atoms with E-state index in [2.05, 4.69) is 16.0 Å². The lowest BCUT2D eigenvalue weighted by Crippen LogP contribution is -2.57. The van der Waals surface area contributed by atoms with E-state index < -0.39 is 5.54 Å². The van der Waals surface area contributed by atoms with Gasteiger partial charge in [-0.25, -0.2) is 0 Å². The van der Waals surface area contributed by atoms with Gasteiger partial charge in [-0.3, -0.25) is 9.59 Å². The van der Waals surface area contributed by atoms with Crippen LogP contribution in [0.4, 0.5) is 0 Å². The molecule has 0 spiro atoms. The second-order valence-electron chi connectivity index (χ2n) is 4.35. The summed E-state index contributed by atoms with van der Waals surface area (Å²) in [6, 6.07) is 0. The zero-order valence-electron chi connectivity index (χ0n) is 10.5. The molecule has 1 unspecified atom stereocenters. The molecule has 0 radical (unpaired) electrons. The van der Waals surface area contributed by atoms with Crippen LogP contribution < -0.4 is 16.0 Å². The first kappa shape index (κ1) is 16.2. The summed E-state index contributed by atoms with van der Waals surface area (Å²) in [5, 5.41) is 8.51. The molecular formula is C11H22ClN3O2. The minimum atomic E-state index is -0.509. The summed E-state index contributed by atoms with van der Waals surface area (Å²) in [7, 11) is 0. The smallest absolute Gasteiger partial charge is 0.240 e. The molecule has 6 heteroatoms. The number of hydrogen-bond donors (Lipinski definition) is 3. The van der Waals surface area contributed by atoms with Gasteiger partial charge in [-0.05, 0) is 39.7 Å². The van der Waals surface area contributed by atoms with Crippen molar-refractivity contribution in [3.05, 3.63) is 0 Å². The number of amides is 2. The van der Waals surface area contributed by atoms with E-state index in [0.717, 1.165) is 25.8 Å². The Labute approximate surface area is 109 Å². The van der Waals surface area contributed by atoms with Crippen LogP contribution in [0.2, 0.25) is 0 Å². The molecule has 100 valence electrons. The Balaban J connectivity index is 0.00000256. The first-order valence-electron chi connectivity index (χ1n) is 5.88. The molecule has 5 nitrogen and oxygen atoms in total. The zero-order chi connectivity index (χ0) is 12.0. The van der Waals surface area contributed by atoms with Crippen molar-refractivity contribution in [1.29, 1.82) is 0 Å². The standard InChI is InChI=1S/C11H21N3O2.ClH/c1-3-12-9(15)8-13-10(16)11(2)6-4-5-7-14-11;/h14H,3-8H2,1-2H3,(H,12,15)(H,13,16);1H. The summed E-state index contributed by atoms with van der Waals surface area (Å²) < 4.78 is 0. The van der Waals surface area contributed by atoms with Crippen LogP contribution in [0.1, 0.15) is 33.1 Å². The molecule has 0 aromatic heterocycles. The highest BCUT2D eigenvalue weighted by Gasteiger charge is 2.34. The summed E-state index contributed by atoms with van der Waals surface area (Å²) in [5.74, 6) is -0.228. The topological polar surface area (TPSA) is 70.2 Å². The number of likely N-dealkylation sites (N-methyl/N-ethyl adjacent to an activating group) is 1. The highest BCUT2D eigenvalue weighted by atomic mass is 35.5. The maximum atomic E-state index is 11.9. The predicted molar refractivity (Wildman–Crippen MR) is 69.2 cm³/mol. The van der Waals surface area contributed by atoms with Crippen molar-refractivity contribution < 1.29 is 9.59 Å². The van der Waals surface area contributed by atoms with Gasteiger partial charge in [-0.15, -0.1) is 12.4 Å². The van der Waals surface area contributed by atoms with Crippen molar-refractivity contribution in [2.24, 2.45) is 0 Å². The predicted octanol–water partition coefficient (Wildman–Crippen LogP) is 0.193. The maximum Gasteiger partial charge on any atom is 0.240 e. The first-order valence-corrected chi connectivity index (χ1v) is 5.88. The molecule has 1 aliphatic rings. The molecule has 1 rings (SSSR count). The molecule has 2 amide bonds. The van der Waals surface area contributed by atoms with Crippen LogP contribution in [0, 0.1) is 0 Å². The van der Waals surface area contributed by atoms with Crippen LogP contribution in [0.15, 0.2) is 0 Å². The fourth-order valence-electron chi connectivity index (χ4n) is 1.87. The number of carbonyl (C=O) groups is 2. The summed E-state index contributed by atoms with van der Waals surface area (Å²) in [5.41, 5.74) is -0.509. The Bertz CT molecular complexity index is 265. The van der Waals surface area contributed by atoms with Crippen LogP contribution in [0.25, 0.3) is 0 Å². The molecular weight excluding hydrogens is 242 g/mol. The summed E-state index contributed by atoms with van der Waals surface area (Å²) in [4.78, 5) is 23.1. The molecule has 0 aromatic rings. The van der Waals surface area contributed by atoms with Gasteiger partial charge in [0.05, 0.1) is 12.1 Å². The second kappa shape index (κ2) is 7.50. The van der Waals surface area contributed by atoms with Crippen LogP contribution >= 0.6 is 12.4 Å². The third-order valence-electron chi connectivity index (χ3n) is 2.90. The fraction of sp³-hybridized carbons (Fsp3) is 0.818. The van der Waals surface area contributed by atoms with E-state index in [1.807, 2.05) is 13.8 Å². The van der Waals surface area contributed by atoms with Gasteiger partial charge in [-0.1, -0.05) is 0 Å². The molecule has 3 N–H and O–H groups in total. The molecule has 1 atom stereocenters. The summed E-state index contributed by atoms with van der Waals surface area (Å²) in [6.07, 6.45) is 2.99. The normalized spacial score (nSPS) is 23.4. The number of nitrogens with one attached hydrogen (secondary N) is 3. The summed E-state index contributed by atoms with van der Waals surface area (Å²) >= 11 is 0. The second-order valence-corrected chi connectivity index (χ2v) is 4.35. The molecule has 1 aliphatic heterocycles. The molecule has 1 saturated heterocycles.